The lowest BCUT2D eigenvalue weighted by Gasteiger charge is -2.49. The van der Waals surface area contributed by atoms with Crippen molar-refractivity contribution in [1.29, 1.82) is 0 Å². The second-order valence-electron chi connectivity index (χ2n) is 10.8. The maximum Gasteiger partial charge on any atom is 0.275 e. The molecule has 2 aromatic rings. The molecule has 2 aliphatic rings. The third-order valence-corrected chi connectivity index (χ3v) is 8.08. The Hall–Kier alpha value is -3.89. The fourth-order valence-corrected chi connectivity index (χ4v) is 5.12. The van der Waals surface area contributed by atoms with Gasteiger partial charge in [0.1, 0.15) is 29.7 Å². The van der Waals surface area contributed by atoms with E-state index in [0.717, 1.165) is 22.7 Å². The van der Waals surface area contributed by atoms with Gasteiger partial charge in [-0.15, -0.1) is 0 Å². The third kappa shape index (κ3) is 5.27. The minimum Gasteiger partial charge on any atom is -0.504 e. The number of amides is 2. The number of rotatable bonds is 10. The molecule has 17 heteroatoms. The number of carbonyl (C=O) groups is 3. The highest BCUT2D eigenvalue weighted by atomic mass is 19.1. The van der Waals surface area contributed by atoms with Crippen LogP contribution in [0.4, 0.5) is 4.39 Å². The number of aliphatic hydroxyl groups is 3. The Morgan fingerprint density at radius 2 is 1.79 bits per heavy atom. The molecule has 0 saturated carbocycles. The summed E-state index contributed by atoms with van der Waals surface area (Å²) in [6, 6.07) is 4.47. The summed E-state index contributed by atoms with van der Waals surface area (Å²) < 4.78 is 26.0. The summed E-state index contributed by atoms with van der Waals surface area (Å²) in [5, 5.41) is 66.8. The molecule has 1 saturated heterocycles. The zero-order valence-corrected chi connectivity index (χ0v) is 23.8. The van der Waals surface area contributed by atoms with Crippen molar-refractivity contribution in [1.82, 2.24) is 15.1 Å². The van der Waals surface area contributed by atoms with Crippen LogP contribution in [0.3, 0.4) is 0 Å². The van der Waals surface area contributed by atoms with Crippen molar-refractivity contribution in [3.05, 3.63) is 46.3 Å². The zero-order valence-electron chi connectivity index (χ0n) is 23.8. The van der Waals surface area contributed by atoms with Crippen molar-refractivity contribution in [3.63, 3.8) is 0 Å². The van der Waals surface area contributed by atoms with Gasteiger partial charge in [-0.1, -0.05) is 12.1 Å². The first-order valence-corrected chi connectivity index (χ1v) is 13.3. The van der Waals surface area contributed by atoms with Crippen LogP contribution in [0.25, 0.3) is 0 Å². The van der Waals surface area contributed by atoms with Gasteiger partial charge in [-0.25, -0.2) is 4.39 Å². The lowest BCUT2D eigenvalue weighted by atomic mass is 9.54. The molecule has 2 heterocycles. The number of hydrogen-bond donors (Lipinski definition) is 7. The maximum atomic E-state index is 15.0. The third-order valence-electron chi connectivity index (χ3n) is 8.08. The summed E-state index contributed by atoms with van der Waals surface area (Å²) in [7, 11) is 2.59. The molecule has 1 fully saturated rings. The number of fused-ring (bicyclic) bond motifs is 1. The van der Waals surface area contributed by atoms with E-state index in [2.05, 4.69) is 10.2 Å². The van der Waals surface area contributed by atoms with E-state index in [4.69, 9.17) is 9.47 Å². The SMILES string of the molecule is BC(O)(C=O)C(B)(O)C(O)(C(=O)NC)N1Cc2c(OCc3ccc(CN4CCOCC4)cc3F)c(O)c(O)c(O)c2C1=O. The van der Waals surface area contributed by atoms with Gasteiger partial charge in [0.25, 0.3) is 11.8 Å². The number of hydrogen-bond acceptors (Lipinski definition) is 12. The van der Waals surface area contributed by atoms with Gasteiger partial charge >= 0.3 is 0 Å². The Labute approximate surface area is 247 Å². The zero-order chi connectivity index (χ0) is 31.9. The van der Waals surface area contributed by atoms with Gasteiger partial charge in [0.2, 0.25) is 17.2 Å². The Morgan fingerprint density at radius 1 is 1.14 bits per heavy atom. The number of nitrogens with one attached hydrogen (secondary N) is 1. The lowest BCUT2D eigenvalue weighted by Crippen LogP contribution is -2.79. The maximum absolute atomic E-state index is 15.0. The number of nitrogens with zero attached hydrogens (tertiary/aromatic N) is 2. The normalized spacial score (nSPS) is 19.6. The fourth-order valence-electron chi connectivity index (χ4n) is 5.12. The van der Waals surface area contributed by atoms with Crippen LogP contribution in [0.2, 0.25) is 0 Å². The van der Waals surface area contributed by atoms with Gasteiger partial charge in [-0.2, -0.15) is 0 Å². The first-order chi connectivity index (χ1) is 20.1. The van der Waals surface area contributed by atoms with Crippen LogP contribution < -0.4 is 10.1 Å². The minimum absolute atomic E-state index is 0.0412. The Bertz CT molecular complexity index is 1450. The van der Waals surface area contributed by atoms with Crippen LogP contribution in [0.1, 0.15) is 27.0 Å². The monoisotopic (exact) mass is 603 g/mol. The average molecular weight is 603 g/mol. The molecule has 3 unspecified atom stereocenters. The summed E-state index contributed by atoms with van der Waals surface area (Å²) >= 11 is 0. The summed E-state index contributed by atoms with van der Waals surface area (Å²) in [5.74, 6) is -7.31. The average Bonchev–Trinajstić information content (AvgIpc) is 3.33. The van der Waals surface area contributed by atoms with Crippen molar-refractivity contribution >= 4 is 33.8 Å². The molecular formula is C26H32B2FN3O11. The molecule has 4 rings (SSSR count). The van der Waals surface area contributed by atoms with Gasteiger partial charge < -0.3 is 50.2 Å². The summed E-state index contributed by atoms with van der Waals surface area (Å²) in [4.78, 5) is 40.5. The number of aldehydes is 1. The van der Waals surface area contributed by atoms with Crippen LogP contribution in [0.15, 0.2) is 18.2 Å². The molecule has 7 N–H and O–H groups in total. The number of carbonyl (C=O) groups excluding carboxylic acids is 3. The molecule has 2 amide bonds. The Kier molecular flexibility index (Phi) is 8.68. The molecule has 14 nitrogen and oxygen atoms in total. The van der Waals surface area contributed by atoms with Crippen LogP contribution in [0.5, 0.6) is 23.0 Å². The standard InChI is InChI=1S/C26H32B2FN3O11/c1-30-23(38)25(40,26(28,41)24(27,39)12-33)32-10-15-17(22(32)37)18(34)19(35)20(36)21(15)43-11-14-3-2-13(8-16(14)29)9-31-4-6-42-7-5-31/h2-3,8,12,34-36,39-41H,4-7,9-11,27-28H2,1H3,(H,30,38). The predicted octanol–water partition coefficient (Wildman–Crippen LogP) is -3.41. The molecule has 0 spiro atoms. The molecule has 0 aromatic heterocycles. The molecular weight excluding hydrogens is 571 g/mol. The van der Waals surface area contributed by atoms with Gasteiger partial charge in [-0.3, -0.25) is 19.4 Å². The molecule has 0 aliphatic carbocycles. The van der Waals surface area contributed by atoms with Crippen LogP contribution >= 0.6 is 0 Å². The van der Waals surface area contributed by atoms with E-state index in [1.165, 1.54) is 12.1 Å². The summed E-state index contributed by atoms with van der Waals surface area (Å²) in [5.41, 5.74) is -9.50. The number of phenolic OH excluding ortho intramolecular Hbond substituents is 3. The van der Waals surface area contributed by atoms with E-state index in [-0.39, 0.29) is 17.4 Å². The summed E-state index contributed by atoms with van der Waals surface area (Å²) in [6.45, 7) is 1.71. The van der Waals surface area contributed by atoms with E-state index in [9.17, 15) is 45.0 Å². The predicted molar refractivity (Wildman–Crippen MR) is 150 cm³/mol. The summed E-state index contributed by atoms with van der Waals surface area (Å²) in [6.07, 6.45) is -0.140. The first kappa shape index (κ1) is 32.0. The molecule has 0 radical (unpaired) electrons. The topological polar surface area (TPSA) is 210 Å². The molecule has 230 valence electrons. The fraction of sp³-hybridized carbons (Fsp3) is 0.423. The van der Waals surface area contributed by atoms with Crippen LogP contribution in [-0.4, -0.2) is 124 Å². The van der Waals surface area contributed by atoms with Crippen molar-refractivity contribution in [2.24, 2.45) is 0 Å². The number of benzene rings is 2. The van der Waals surface area contributed by atoms with Gasteiger partial charge in [0.05, 0.1) is 25.3 Å². The van der Waals surface area contributed by atoms with Gasteiger partial charge in [0.15, 0.2) is 27.2 Å². The molecule has 43 heavy (non-hydrogen) atoms. The quantitative estimate of drug-likeness (QED) is 0.0805. The van der Waals surface area contributed by atoms with Gasteiger partial charge in [0, 0.05) is 37.8 Å². The van der Waals surface area contributed by atoms with Crippen molar-refractivity contribution in [3.8, 4) is 23.0 Å². The van der Waals surface area contributed by atoms with E-state index < -0.39 is 76.1 Å². The number of ether oxygens (including phenoxy) is 2. The van der Waals surface area contributed by atoms with E-state index in [1.807, 2.05) is 0 Å². The van der Waals surface area contributed by atoms with Gasteiger partial charge in [-0.05, 0) is 11.6 Å². The molecule has 2 aliphatic heterocycles. The highest BCUT2D eigenvalue weighted by Gasteiger charge is 2.66. The van der Waals surface area contributed by atoms with Crippen LogP contribution in [-0.2, 0) is 34.0 Å². The number of aromatic hydroxyl groups is 3. The van der Waals surface area contributed by atoms with E-state index in [1.54, 1.807) is 6.07 Å². The highest BCUT2D eigenvalue weighted by molar-refractivity contribution is 6.33. The van der Waals surface area contributed by atoms with Crippen molar-refractivity contribution < 1.29 is 58.9 Å². The Morgan fingerprint density at radius 3 is 2.37 bits per heavy atom. The molecule has 3 atom stereocenters. The number of halogens is 1. The van der Waals surface area contributed by atoms with Crippen molar-refractivity contribution in [2.75, 3.05) is 33.4 Å². The second-order valence-corrected chi connectivity index (χ2v) is 10.8. The Balaban J connectivity index is 1.68. The van der Waals surface area contributed by atoms with E-state index >= 15 is 4.39 Å². The number of morpholine rings is 1. The number of phenols is 3. The van der Waals surface area contributed by atoms with Crippen LogP contribution in [0, 0.1) is 5.82 Å². The van der Waals surface area contributed by atoms with Crippen molar-refractivity contribution in [2.45, 2.75) is 36.4 Å². The number of likely N-dealkylation sites (N-methyl/N-ethyl adjacent to an activating group) is 1. The minimum atomic E-state index is -3.35. The van der Waals surface area contributed by atoms with E-state index in [0.29, 0.717) is 43.3 Å². The molecule has 0 bridgehead atoms. The highest BCUT2D eigenvalue weighted by Crippen LogP contribution is 2.52. The first-order valence-electron chi connectivity index (χ1n) is 13.3. The largest absolute Gasteiger partial charge is 0.504 e. The molecule has 2 aromatic carbocycles. The second kappa shape index (κ2) is 11.7. The lowest BCUT2D eigenvalue weighted by molar-refractivity contribution is -0.219. The smallest absolute Gasteiger partial charge is 0.275 e.